The summed E-state index contributed by atoms with van der Waals surface area (Å²) >= 11 is 0. The van der Waals surface area contributed by atoms with Gasteiger partial charge in [0.05, 0.1) is 5.56 Å². The Morgan fingerprint density at radius 1 is 1.29 bits per heavy atom. The van der Waals surface area contributed by atoms with Crippen molar-refractivity contribution in [3.8, 4) is 0 Å². The number of benzene rings is 1. The van der Waals surface area contributed by atoms with Crippen LogP contribution in [0.15, 0.2) is 24.3 Å². The van der Waals surface area contributed by atoms with Crippen LogP contribution in [0.4, 0.5) is 0 Å². The van der Waals surface area contributed by atoms with Gasteiger partial charge in [0, 0.05) is 31.6 Å². The minimum Gasteiger partial charge on any atom is -0.478 e. The highest BCUT2D eigenvalue weighted by Crippen LogP contribution is 2.15. The van der Waals surface area contributed by atoms with Gasteiger partial charge in [-0.05, 0) is 31.0 Å². The van der Waals surface area contributed by atoms with Crippen molar-refractivity contribution < 1.29 is 19.5 Å². The zero-order valence-corrected chi connectivity index (χ0v) is 11.8. The van der Waals surface area contributed by atoms with Crippen LogP contribution in [0.25, 0.3) is 0 Å². The van der Waals surface area contributed by atoms with Gasteiger partial charge in [-0.15, -0.1) is 0 Å². The van der Waals surface area contributed by atoms with Crippen molar-refractivity contribution in [1.29, 1.82) is 0 Å². The van der Waals surface area contributed by atoms with E-state index in [2.05, 4.69) is 5.32 Å². The van der Waals surface area contributed by atoms with E-state index < -0.39 is 5.97 Å². The lowest BCUT2D eigenvalue weighted by Gasteiger charge is -2.33. The molecule has 112 valence electrons. The van der Waals surface area contributed by atoms with Crippen LogP contribution in [0.1, 0.15) is 40.5 Å². The van der Waals surface area contributed by atoms with Crippen LogP contribution in [0.2, 0.25) is 0 Å². The number of carbonyl (C=O) groups is 3. The summed E-state index contributed by atoms with van der Waals surface area (Å²) in [7, 11) is 0. The number of piperidine rings is 1. The van der Waals surface area contributed by atoms with E-state index in [1.165, 1.54) is 19.1 Å². The van der Waals surface area contributed by atoms with Gasteiger partial charge in [0.25, 0.3) is 5.91 Å². The van der Waals surface area contributed by atoms with Gasteiger partial charge >= 0.3 is 5.97 Å². The first-order valence-electron chi connectivity index (χ1n) is 6.87. The van der Waals surface area contributed by atoms with E-state index in [4.69, 9.17) is 5.11 Å². The molecule has 0 spiro atoms. The third-order valence-corrected chi connectivity index (χ3v) is 3.47. The van der Waals surface area contributed by atoms with Crippen molar-refractivity contribution in [2.24, 2.45) is 0 Å². The maximum atomic E-state index is 12.4. The van der Waals surface area contributed by atoms with Crippen molar-refractivity contribution in [1.82, 2.24) is 10.2 Å². The third kappa shape index (κ3) is 3.81. The second-order valence-corrected chi connectivity index (χ2v) is 5.18. The first kappa shape index (κ1) is 15.0. The average Bonchev–Trinajstić information content (AvgIpc) is 2.46. The Morgan fingerprint density at radius 3 is 2.67 bits per heavy atom. The summed E-state index contributed by atoms with van der Waals surface area (Å²) in [5.41, 5.74) is 0.453. The van der Waals surface area contributed by atoms with Gasteiger partial charge in [0.2, 0.25) is 5.91 Å². The first-order valence-corrected chi connectivity index (χ1v) is 6.87. The molecule has 1 aromatic carbocycles. The largest absolute Gasteiger partial charge is 0.478 e. The average molecular weight is 290 g/mol. The van der Waals surface area contributed by atoms with Crippen molar-refractivity contribution in [2.75, 3.05) is 13.1 Å². The highest BCUT2D eigenvalue weighted by molar-refractivity contribution is 5.97. The maximum absolute atomic E-state index is 12.4. The highest BCUT2D eigenvalue weighted by Gasteiger charge is 2.25. The molecule has 1 saturated heterocycles. The molecule has 0 radical (unpaired) electrons. The fourth-order valence-corrected chi connectivity index (χ4v) is 2.53. The molecule has 21 heavy (non-hydrogen) atoms. The summed E-state index contributed by atoms with van der Waals surface area (Å²) in [6.07, 6.45) is 1.66. The maximum Gasteiger partial charge on any atom is 0.335 e. The van der Waals surface area contributed by atoms with Gasteiger partial charge in [-0.3, -0.25) is 9.59 Å². The standard InChI is InChI=1S/C15H18N2O4/c1-10(18)16-13-6-3-7-17(9-13)14(19)11-4-2-5-12(8-11)15(20)21/h2,4-5,8,13H,3,6-7,9H2,1H3,(H,16,18)(H,20,21)/t13-/m1/s1. The highest BCUT2D eigenvalue weighted by atomic mass is 16.4. The van der Waals surface area contributed by atoms with Crippen molar-refractivity contribution >= 4 is 17.8 Å². The van der Waals surface area contributed by atoms with Crippen LogP contribution in [0.5, 0.6) is 0 Å². The fraction of sp³-hybridized carbons (Fsp3) is 0.400. The molecule has 0 saturated carbocycles. The van der Waals surface area contributed by atoms with Gasteiger partial charge in [0.1, 0.15) is 0 Å². The number of nitrogens with one attached hydrogen (secondary N) is 1. The molecule has 1 heterocycles. The van der Waals surface area contributed by atoms with E-state index in [-0.39, 0.29) is 23.4 Å². The monoisotopic (exact) mass is 290 g/mol. The van der Waals surface area contributed by atoms with Crippen molar-refractivity contribution in [3.05, 3.63) is 35.4 Å². The summed E-state index contributed by atoms with van der Waals surface area (Å²) < 4.78 is 0. The molecule has 1 aliphatic heterocycles. The SMILES string of the molecule is CC(=O)N[C@@H]1CCCN(C(=O)c2cccc(C(=O)O)c2)C1. The van der Waals surface area contributed by atoms with E-state index in [9.17, 15) is 14.4 Å². The normalized spacial score (nSPS) is 18.1. The van der Waals surface area contributed by atoms with E-state index >= 15 is 0 Å². The lowest BCUT2D eigenvalue weighted by Crippen LogP contribution is -2.49. The molecule has 1 fully saturated rings. The fourth-order valence-electron chi connectivity index (χ4n) is 2.53. The van der Waals surface area contributed by atoms with E-state index in [1.807, 2.05) is 0 Å². The van der Waals surface area contributed by atoms with Crippen LogP contribution in [-0.2, 0) is 4.79 Å². The Hall–Kier alpha value is -2.37. The van der Waals surface area contributed by atoms with Crippen LogP contribution in [0, 0.1) is 0 Å². The molecule has 1 aromatic rings. The number of likely N-dealkylation sites (tertiary alicyclic amines) is 1. The number of hydrogen-bond donors (Lipinski definition) is 2. The number of rotatable bonds is 3. The number of aromatic carboxylic acids is 1. The first-order chi connectivity index (χ1) is 9.97. The third-order valence-electron chi connectivity index (χ3n) is 3.47. The minimum absolute atomic E-state index is 0.0390. The number of carboxylic acids is 1. The molecule has 0 aromatic heterocycles. The Balaban J connectivity index is 2.10. The smallest absolute Gasteiger partial charge is 0.335 e. The predicted octanol–water partition coefficient (Wildman–Crippen LogP) is 1.13. The Labute approximate surface area is 122 Å². The number of hydrogen-bond acceptors (Lipinski definition) is 3. The van der Waals surface area contributed by atoms with Crippen molar-refractivity contribution in [3.63, 3.8) is 0 Å². The Kier molecular flexibility index (Phi) is 4.57. The Morgan fingerprint density at radius 2 is 2.00 bits per heavy atom. The van der Waals surface area contributed by atoms with E-state index in [0.29, 0.717) is 18.7 Å². The molecule has 0 unspecified atom stereocenters. The van der Waals surface area contributed by atoms with Crippen molar-refractivity contribution in [2.45, 2.75) is 25.8 Å². The summed E-state index contributed by atoms with van der Waals surface area (Å²) in [5.74, 6) is -1.37. The second kappa shape index (κ2) is 6.39. The molecule has 2 rings (SSSR count). The minimum atomic E-state index is -1.06. The topological polar surface area (TPSA) is 86.7 Å². The molecule has 6 heteroatoms. The molecule has 0 aliphatic carbocycles. The summed E-state index contributed by atoms with van der Waals surface area (Å²) in [5, 5.41) is 11.8. The number of amides is 2. The molecule has 6 nitrogen and oxygen atoms in total. The molecule has 1 aliphatic rings. The predicted molar refractivity (Wildman–Crippen MR) is 76.1 cm³/mol. The molecule has 1 atom stereocenters. The summed E-state index contributed by atoms with van der Waals surface area (Å²) in [6.45, 7) is 2.53. The van der Waals surface area contributed by atoms with E-state index in [0.717, 1.165) is 12.8 Å². The molecular weight excluding hydrogens is 272 g/mol. The van der Waals surface area contributed by atoms with E-state index in [1.54, 1.807) is 17.0 Å². The lowest BCUT2D eigenvalue weighted by atomic mass is 10.0. The van der Waals surface area contributed by atoms with Gasteiger partial charge in [-0.1, -0.05) is 6.07 Å². The van der Waals surface area contributed by atoms with Gasteiger partial charge in [0.15, 0.2) is 0 Å². The number of carbonyl (C=O) groups excluding carboxylic acids is 2. The lowest BCUT2D eigenvalue weighted by molar-refractivity contribution is -0.120. The van der Waals surface area contributed by atoms with Crippen LogP contribution >= 0.6 is 0 Å². The van der Waals surface area contributed by atoms with Gasteiger partial charge < -0.3 is 15.3 Å². The number of nitrogens with zero attached hydrogens (tertiary/aromatic N) is 1. The Bertz CT molecular complexity index is 571. The van der Waals surface area contributed by atoms with Crippen LogP contribution in [0.3, 0.4) is 0 Å². The number of carboxylic acid groups (broad SMARTS) is 1. The van der Waals surface area contributed by atoms with Gasteiger partial charge in [-0.25, -0.2) is 4.79 Å². The molecule has 0 bridgehead atoms. The van der Waals surface area contributed by atoms with Gasteiger partial charge in [-0.2, -0.15) is 0 Å². The van der Waals surface area contributed by atoms with Crippen LogP contribution in [-0.4, -0.2) is 46.9 Å². The zero-order valence-electron chi connectivity index (χ0n) is 11.8. The molecule has 2 amide bonds. The zero-order chi connectivity index (χ0) is 15.4. The molecular formula is C15H18N2O4. The second-order valence-electron chi connectivity index (χ2n) is 5.18. The summed E-state index contributed by atoms with van der Waals surface area (Å²) in [6, 6.07) is 5.97. The van der Waals surface area contributed by atoms with Crippen LogP contribution < -0.4 is 5.32 Å². The summed E-state index contributed by atoms with van der Waals surface area (Å²) in [4.78, 5) is 36.1. The molecule has 2 N–H and O–H groups in total. The quantitative estimate of drug-likeness (QED) is 0.873.